The molecule has 148 valence electrons. The maximum Gasteiger partial charge on any atom is 0.261 e. The van der Waals surface area contributed by atoms with Crippen LogP contribution in [0.25, 0.3) is 10.9 Å². The minimum Gasteiger partial charge on any atom is -0.598 e. The Hall–Kier alpha value is -1.37. The fourth-order valence-corrected chi connectivity index (χ4v) is 4.55. The van der Waals surface area contributed by atoms with Crippen LogP contribution in [-0.4, -0.2) is 18.9 Å². The fraction of sp³-hybridized carbons (Fsp3) is 0.619. The second-order valence-electron chi connectivity index (χ2n) is 9.35. The van der Waals surface area contributed by atoms with Crippen molar-refractivity contribution in [2.45, 2.75) is 84.1 Å². The van der Waals surface area contributed by atoms with E-state index < -0.39 is 11.4 Å². The van der Waals surface area contributed by atoms with Gasteiger partial charge < -0.3 is 4.55 Å². The highest BCUT2D eigenvalue weighted by atomic mass is 32.2. The molecule has 1 aliphatic heterocycles. The van der Waals surface area contributed by atoms with Crippen molar-refractivity contribution in [1.82, 2.24) is 14.3 Å². The lowest BCUT2D eigenvalue weighted by Crippen LogP contribution is -2.41. The number of benzene rings is 1. The maximum atomic E-state index is 13.2. The predicted molar refractivity (Wildman–Crippen MR) is 112 cm³/mol. The zero-order valence-electron chi connectivity index (χ0n) is 17.5. The summed E-state index contributed by atoms with van der Waals surface area (Å²) in [6.45, 7) is 14.8. The van der Waals surface area contributed by atoms with E-state index in [-0.39, 0.29) is 21.8 Å². The van der Waals surface area contributed by atoms with E-state index in [1.807, 2.05) is 45.3 Å². The number of hydrogen-bond donors (Lipinski definition) is 1. The summed E-state index contributed by atoms with van der Waals surface area (Å²) in [5.74, 6) is 0.862. The van der Waals surface area contributed by atoms with Crippen molar-refractivity contribution in [1.29, 1.82) is 0 Å². The number of nitrogens with zero attached hydrogens (tertiary/aromatic N) is 2. The third-order valence-corrected chi connectivity index (χ3v) is 7.01. The summed E-state index contributed by atoms with van der Waals surface area (Å²) < 4.78 is 17.3. The molecule has 27 heavy (non-hydrogen) atoms. The summed E-state index contributed by atoms with van der Waals surface area (Å²) in [6, 6.07) is 3.81. The predicted octanol–water partition coefficient (Wildman–Crippen LogP) is 3.89. The van der Waals surface area contributed by atoms with Crippen LogP contribution in [-0.2, 0) is 23.3 Å². The molecule has 1 unspecified atom stereocenters. The van der Waals surface area contributed by atoms with Gasteiger partial charge in [-0.2, -0.15) is 0 Å². The van der Waals surface area contributed by atoms with E-state index in [1.165, 1.54) is 0 Å². The molecule has 6 heteroatoms. The Morgan fingerprint density at radius 1 is 1.33 bits per heavy atom. The summed E-state index contributed by atoms with van der Waals surface area (Å²) in [6.07, 6.45) is 2.02. The number of hydrogen-bond acceptors (Lipinski definition) is 4. The minimum atomic E-state index is -1.20. The van der Waals surface area contributed by atoms with Crippen LogP contribution in [0.2, 0.25) is 0 Å². The molecule has 2 aromatic rings. The van der Waals surface area contributed by atoms with Gasteiger partial charge in [-0.15, -0.1) is 4.72 Å². The Morgan fingerprint density at radius 2 is 2.00 bits per heavy atom. The minimum absolute atomic E-state index is 0.0388. The lowest BCUT2D eigenvalue weighted by Gasteiger charge is -2.32. The molecule has 2 heterocycles. The number of rotatable bonds is 3. The third kappa shape index (κ3) is 3.80. The largest absolute Gasteiger partial charge is 0.598 e. The molecule has 0 fully saturated rings. The summed E-state index contributed by atoms with van der Waals surface area (Å²) in [4.78, 5) is 18.2. The SMILES string of the molecule is Cc1cc([C@@H](C)N[S+]([O-])C(C)(C)C)c2nc3n(c(=O)c2c1)CCCC3(C)C. The Bertz CT molecular complexity index is 928. The zero-order chi connectivity index (χ0) is 20.1. The van der Waals surface area contributed by atoms with Crippen LogP contribution in [0.4, 0.5) is 0 Å². The highest BCUT2D eigenvalue weighted by molar-refractivity contribution is 7.90. The van der Waals surface area contributed by atoms with Crippen LogP contribution in [0, 0.1) is 6.92 Å². The van der Waals surface area contributed by atoms with Crippen LogP contribution in [0.3, 0.4) is 0 Å². The van der Waals surface area contributed by atoms with E-state index in [9.17, 15) is 9.35 Å². The first-order chi connectivity index (χ1) is 12.4. The number of aromatic nitrogens is 2. The van der Waals surface area contributed by atoms with Crippen LogP contribution in [0.5, 0.6) is 0 Å². The number of nitrogens with one attached hydrogen (secondary N) is 1. The molecule has 2 atom stereocenters. The molecule has 0 spiro atoms. The fourth-order valence-electron chi connectivity index (χ4n) is 3.75. The number of aryl methyl sites for hydroxylation is 1. The van der Waals surface area contributed by atoms with E-state index >= 15 is 0 Å². The molecule has 0 saturated heterocycles. The quantitative estimate of drug-likeness (QED) is 0.809. The summed E-state index contributed by atoms with van der Waals surface area (Å²) >= 11 is -1.20. The zero-order valence-corrected chi connectivity index (χ0v) is 18.3. The van der Waals surface area contributed by atoms with Gasteiger partial charge in [-0.3, -0.25) is 9.36 Å². The van der Waals surface area contributed by atoms with Crippen LogP contribution < -0.4 is 10.3 Å². The van der Waals surface area contributed by atoms with E-state index in [0.29, 0.717) is 5.39 Å². The van der Waals surface area contributed by atoms with Gasteiger partial charge in [0.1, 0.15) is 10.6 Å². The van der Waals surface area contributed by atoms with Crippen molar-refractivity contribution in [3.05, 3.63) is 39.4 Å². The third-order valence-electron chi connectivity index (χ3n) is 5.33. The van der Waals surface area contributed by atoms with Gasteiger partial charge in [0.15, 0.2) is 0 Å². The van der Waals surface area contributed by atoms with Gasteiger partial charge in [-0.25, -0.2) is 4.98 Å². The Labute approximate surface area is 164 Å². The van der Waals surface area contributed by atoms with Crippen molar-refractivity contribution < 1.29 is 4.55 Å². The van der Waals surface area contributed by atoms with Gasteiger partial charge in [-0.1, -0.05) is 19.9 Å². The second kappa shape index (κ2) is 6.90. The van der Waals surface area contributed by atoms with E-state index in [1.54, 1.807) is 0 Å². The van der Waals surface area contributed by atoms with Crippen LogP contribution >= 0.6 is 0 Å². The molecular formula is C21H31N3O2S. The highest BCUT2D eigenvalue weighted by Crippen LogP contribution is 2.33. The molecule has 0 radical (unpaired) electrons. The van der Waals surface area contributed by atoms with E-state index in [4.69, 9.17) is 4.98 Å². The molecule has 0 aliphatic carbocycles. The van der Waals surface area contributed by atoms with Crippen molar-refractivity contribution in [2.75, 3.05) is 0 Å². The van der Waals surface area contributed by atoms with Crippen molar-refractivity contribution >= 4 is 22.3 Å². The topological polar surface area (TPSA) is 70.0 Å². The molecule has 1 N–H and O–H groups in total. The lowest BCUT2D eigenvalue weighted by atomic mass is 9.84. The molecular weight excluding hydrogens is 358 g/mol. The van der Waals surface area contributed by atoms with Gasteiger partial charge in [0, 0.05) is 28.9 Å². The molecule has 0 saturated carbocycles. The van der Waals surface area contributed by atoms with Crippen molar-refractivity contribution in [3.8, 4) is 0 Å². The summed E-state index contributed by atoms with van der Waals surface area (Å²) in [5, 5.41) is 0.654. The summed E-state index contributed by atoms with van der Waals surface area (Å²) in [5.41, 5.74) is 2.60. The van der Waals surface area contributed by atoms with Gasteiger partial charge in [-0.05, 0) is 59.1 Å². The first kappa shape index (κ1) is 20.4. The van der Waals surface area contributed by atoms with Gasteiger partial charge in [0.25, 0.3) is 5.56 Å². The monoisotopic (exact) mass is 389 g/mol. The number of fused-ring (bicyclic) bond motifs is 2. The molecule has 1 aromatic heterocycles. The van der Waals surface area contributed by atoms with Crippen molar-refractivity contribution in [3.63, 3.8) is 0 Å². The molecule has 0 amide bonds. The second-order valence-corrected chi connectivity index (χ2v) is 11.3. The van der Waals surface area contributed by atoms with E-state index in [2.05, 4.69) is 24.6 Å². The van der Waals surface area contributed by atoms with Crippen LogP contribution in [0.1, 0.15) is 77.4 Å². The standard InChI is InChI=1S/C21H31N3O2S/c1-13-11-15(14(2)23-27(26)20(3,4)5)17-16(12-13)18(25)24-10-8-9-21(6,7)19(24)22-17/h11-12,14,23H,8-10H2,1-7H3/t14-,27?/m1/s1. The van der Waals surface area contributed by atoms with Gasteiger partial charge in [0.05, 0.1) is 16.9 Å². The average Bonchev–Trinajstić information content (AvgIpc) is 2.54. The average molecular weight is 390 g/mol. The highest BCUT2D eigenvalue weighted by Gasteiger charge is 2.33. The van der Waals surface area contributed by atoms with Crippen molar-refractivity contribution in [2.24, 2.45) is 0 Å². The Morgan fingerprint density at radius 3 is 2.63 bits per heavy atom. The van der Waals surface area contributed by atoms with Gasteiger partial charge >= 0.3 is 0 Å². The molecule has 1 aliphatic rings. The van der Waals surface area contributed by atoms with Gasteiger partial charge in [0.2, 0.25) is 0 Å². The summed E-state index contributed by atoms with van der Waals surface area (Å²) in [7, 11) is 0. The first-order valence-electron chi connectivity index (χ1n) is 9.65. The molecule has 1 aromatic carbocycles. The first-order valence-corrected chi connectivity index (χ1v) is 10.8. The smallest absolute Gasteiger partial charge is 0.261 e. The Balaban J connectivity index is 2.19. The normalized spacial score (nSPS) is 19.0. The van der Waals surface area contributed by atoms with Crippen LogP contribution in [0.15, 0.2) is 16.9 Å². The molecule has 5 nitrogen and oxygen atoms in total. The molecule has 0 bridgehead atoms. The maximum absolute atomic E-state index is 13.2. The lowest BCUT2D eigenvalue weighted by molar-refractivity contribution is 0.341. The molecule has 3 rings (SSSR count). The van der Waals surface area contributed by atoms with E-state index in [0.717, 1.165) is 41.9 Å². The Kier molecular flexibility index (Phi) is 5.21.